The summed E-state index contributed by atoms with van der Waals surface area (Å²) in [4.78, 5) is 14.3. The van der Waals surface area contributed by atoms with Gasteiger partial charge in [0.2, 0.25) is 0 Å². The van der Waals surface area contributed by atoms with E-state index in [0.29, 0.717) is 17.8 Å². The van der Waals surface area contributed by atoms with Crippen molar-refractivity contribution in [3.8, 4) is 0 Å². The predicted molar refractivity (Wildman–Crippen MR) is 66.3 cm³/mol. The molecule has 1 atom stereocenters. The monoisotopic (exact) mass is 249 g/mol. The van der Waals surface area contributed by atoms with Crippen molar-refractivity contribution in [1.29, 1.82) is 0 Å². The van der Waals surface area contributed by atoms with Gasteiger partial charge in [-0.15, -0.1) is 5.10 Å². The van der Waals surface area contributed by atoms with Gasteiger partial charge in [0.05, 0.1) is 12.2 Å². The maximum absolute atomic E-state index is 12.4. The fraction of sp³-hybridized carbons (Fsp3) is 0.750. The van der Waals surface area contributed by atoms with E-state index >= 15 is 0 Å². The largest absolute Gasteiger partial charge is 0.334 e. The van der Waals surface area contributed by atoms with E-state index in [4.69, 9.17) is 0 Å². The third kappa shape index (κ3) is 1.90. The van der Waals surface area contributed by atoms with E-state index in [1.807, 2.05) is 4.90 Å². The average molecular weight is 249 g/mol. The molecule has 1 N–H and O–H groups in total. The van der Waals surface area contributed by atoms with Gasteiger partial charge in [0.1, 0.15) is 0 Å². The molecule has 1 aromatic heterocycles. The Bertz CT molecular complexity index is 439. The maximum atomic E-state index is 12.4. The van der Waals surface area contributed by atoms with Gasteiger partial charge in [0, 0.05) is 25.7 Å². The minimum absolute atomic E-state index is 0.0397. The van der Waals surface area contributed by atoms with Gasteiger partial charge in [-0.25, -0.2) is 4.68 Å². The van der Waals surface area contributed by atoms with Crippen LogP contribution in [0.1, 0.15) is 42.7 Å². The fourth-order valence-corrected chi connectivity index (χ4v) is 2.69. The number of nitrogens with one attached hydrogen (secondary N) is 1. The lowest BCUT2D eigenvalue weighted by Gasteiger charge is -2.26. The van der Waals surface area contributed by atoms with E-state index in [1.54, 1.807) is 10.9 Å². The second-order valence-corrected chi connectivity index (χ2v) is 5.10. The van der Waals surface area contributed by atoms with Crippen LogP contribution in [0, 0.1) is 0 Å². The summed E-state index contributed by atoms with van der Waals surface area (Å²) < 4.78 is 1.81. The first-order valence-corrected chi connectivity index (χ1v) is 6.73. The lowest BCUT2D eigenvalue weighted by molar-refractivity contribution is 0.0727. The molecule has 0 aliphatic carbocycles. The molecule has 2 aliphatic heterocycles. The summed E-state index contributed by atoms with van der Waals surface area (Å²) in [5.41, 5.74) is 0.488. The molecule has 6 nitrogen and oxygen atoms in total. The molecule has 0 bridgehead atoms. The van der Waals surface area contributed by atoms with Gasteiger partial charge in [-0.2, -0.15) is 0 Å². The van der Waals surface area contributed by atoms with E-state index in [2.05, 4.69) is 22.6 Å². The molecule has 2 fully saturated rings. The number of rotatable bonds is 3. The molecule has 6 heteroatoms. The molecule has 98 valence electrons. The van der Waals surface area contributed by atoms with Crippen molar-refractivity contribution in [3.63, 3.8) is 0 Å². The summed E-state index contributed by atoms with van der Waals surface area (Å²) in [6.07, 6.45) is 5.03. The molecule has 0 aromatic carbocycles. The molecular formula is C12H19N5O. The molecule has 0 spiro atoms. The molecule has 1 aromatic rings. The summed E-state index contributed by atoms with van der Waals surface area (Å²) in [5, 5.41) is 11.3. The summed E-state index contributed by atoms with van der Waals surface area (Å²) >= 11 is 0. The van der Waals surface area contributed by atoms with Gasteiger partial charge < -0.3 is 10.2 Å². The van der Waals surface area contributed by atoms with Crippen LogP contribution in [-0.4, -0.2) is 51.5 Å². The molecule has 3 rings (SSSR count). The Morgan fingerprint density at radius 2 is 2.39 bits per heavy atom. The van der Waals surface area contributed by atoms with Crippen molar-refractivity contribution in [2.24, 2.45) is 0 Å². The lowest BCUT2D eigenvalue weighted by Crippen LogP contribution is -2.43. The average Bonchev–Trinajstić information content (AvgIpc) is 2.93. The molecule has 1 amide bonds. The van der Waals surface area contributed by atoms with E-state index in [9.17, 15) is 4.79 Å². The van der Waals surface area contributed by atoms with Crippen LogP contribution in [0.4, 0.5) is 0 Å². The standard InChI is InChI=1S/C12H19N5O/c1-2-9-4-3-5-16(9)12(18)11-8-17(15-14-11)10-6-13-7-10/h8-10,13H,2-7H2,1H3. The first-order chi connectivity index (χ1) is 8.79. The molecule has 18 heavy (non-hydrogen) atoms. The fourth-order valence-electron chi connectivity index (χ4n) is 2.69. The summed E-state index contributed by atoms with van der Waals surface area (Å²) in [6, 6.07) is 0.743. The maximum Gasteiger partial charge on any atom is 0.276 e. The van der Waals surface area contributed by atoms with Crippen molar-refractivity contribution in [2.45, 2.75) is 38.3 Å². The van der Waals surface area contributed by atoms with Crippen molar-refractivity contribution < 1.29 is 4.79 Å². The minimum Gasteiger partial charge on any atom is -0.334 e. The smallest absolute Gasteiger partial charge is 0.276 e. The van der Waals surface area contributed by atoms with Crippen molar-refractivity contribution in [3.05, 3.63) is 11.9 Å². The van der Waals surface area contributed by atoms with Crippen LogP contribution in [-0.2, 0) is 0 Å². The number of nitrogens with zero attached hydrogens (tertiary/aromatic N) is 4. The van der Waals surface area contributed by atoms with Gasteiger partial charge in [-0.05, 0) is 19.3 Å². The molecule has 1 unspecified atom stereocenters. The number of likely N-dealkylation sites (tertiary alicyclic amines) is 1. The third-order valence-corrected chi connectivity index (χ3v) is 3.97. The summed E-state index contributed by atoms with van der Waals surface area (Å²) in [7, 11) is 0. The predicted octanol–water partition coefficient (Wildman–Crippen LogP) is 0.437. The van der Waals surface area contributed by atoms with E-state index < -0.39 is 0 Å². The zero-order valence-corrected chi connectivity index (χ0v) is 10.7. The Morgan fingerprint density at radius 3 is 3.06 bits per heavy atom. The highest BCUT2D eigenvalue weighted by molar-refractivity contribution is 5.92. The van der Waals surface area contributed by atoms with Crippen LogP contribution >= 0.6 is 0 Å². The van der Waals surface area contributed by atoms with Gasteiger partial charge in [0.15, 0.2) is 5.69 Å². The third-order valence-electron chi connectivity index (χ3n) is 3.97. The van der Waals surface area contributed by atoms with Gasteiger partial charge in [-0.3, -0.25) is 4.79 Å². The lowest BCUT2D eigenvalue weighted by atomic mass is 10.1. The Kier molecular flexibility index (Phi) is 3.03. The molecule has 0 saturated carbocycles. The van der Waals surface area contributed by atoms with Crippen LogP contribution in [0.25, 0.3) is 0 Å². The molecular weight excluding hydrogens is 230 g/mol. The first kappa shape index (κ1) is 11.6. The van der Waals surface area contributed by atoms with E-state index in [0.717, 1.165) is 38.9 Å². The van der Waals surface area contributed by atoms with E-state index in [-0.39, 0.29) is 5.91 Å². The van der Waals surface area contributed by atoms with Gasteiger partial charge in [-0.1, -0.05) is 12.1 Å². The van der Waals surface area contributed by atoms with Crippen LogP contribution in [0.2, 0.25) is 0 Å². The normalized spacial score (nSPS) is 24.3. The number of carbonyl (C=O) groups excluding carboxylic acids is 1. The molecule has 2 saturated heterocycles. The quantitative estimate of drug-likeness (QED) is 0.844. The number of carbonyl (C=O) groups is 1. The second kappa shape index (κ2) is 4.68. The van der Waals surface area contributed by atoms with Crippen LogP contribution in [0.5, 0.6) is 0 Å². The van der Waals surface area contributed by atoms with Crippen molar-refractivity contribution in [2.75, 3.05) is 19.6 Å². The zero-order chi connectivity index (χ0) is 12.5. The number of amides is 1. The highest BCUT2D eigenvalue weighted by atomic mass is 16.2. The van der Waals surface area contributed by atoms with Crippen LogP contribution in [0.3, 0.4) is 0 Å². The van der Waals surface area contributed by atoms with Gasteiger partial charge >= 0.3 is 0 Å². The molecule has 2 aliphatic rings. The Morgan fingerprint density at radius 1 is 1.56 bits per heavy atom. The SMILES string of the molecule is CCC1CCCN1C(=O)c1cn(C2CNC2)nn1. The highest BCUT2D eigenvalue weighted by Crippen LogP contribution is 2.22. The number of hydrogen-bond acceptors (Lipinski definition) is 4. The topological polar surface area (TPSA) is 63.1 Å². The second-order valence-electron chi connectivity index (χ2n) is 5.10. The highest BCUT2D eigenvalue weighted by Gasteiger charge is 2.30. The number of aromatic nitrogens is 3. The number of hydrogen-bond donors (Lipinski definition) is 1. The first-order valence-electron chi connectivity index (χ1n) is 6.73. The Balaban J connectivity index is 1.73. The van der Waals surface area contributed by atoms with E-state index in [1.165, 1.54) is 0 Å². The van der Waals surface area contributed by atoms with Crippen LogP contribution < -0.4 is 5.32 Å². The van der Waals surface area contributed by atoms with Gasteiger partial charge in [0.25, 0.3) is 5.91 Å². The minimum atomic E-state index is 0.0397. The Hall–Kier alpha value is -1.43. The van der Waals surface area contributed by atoms with Crippen LogP contribution in [0.15, 0.2) is 6.20 Å². The zero-order valence-electron chi connectivity index (χ0n) is 10.7. The molecule has 0 radical (unpaired) electrons. The Labute approximate surface area is 106 Å². The van der Waals surface area contributed by atoms with Crippen molar-refractivity contribution in [1.82, 2.24) is 25.2 Å². The summed E-state index contributed by atoms with van der Waals surface area (Å²) in [6.45, 7) is 4.82. The molecule has 3 heterocycles. The summed E-state index contributed by atoms with van der Waals surface area (Å²) in [5.74, 6) is 0.0397. The van der Waals surface area contributed by atoms with Crippen molar-refractivity contribution >= 4 is 5.91 Å².